The molecule has 0 aliphatic rings. The van der Waals surface area contributed by atoms with Crippen molar-refractivity contribution in [2.24, 2.45) is 0 Å². The van der Waals surface area contributed by atoms with Gasteiger partial charge in [-0.2, -0.15) is 0 Å². The summed E-state index contributed by atoms with van der Waals surface area (Å²) in [6.45, 7) is 1.47. The van der Waals surface area contributed by atoms with Gasteiger partial charge in [0.15, 0.2) is 0 Å². The molecular weight excluding hydrogens is 192 g/mol. The van der Waals surface area contributed by atoms with E-state index in [2.05, 4.69) is 4.98 Å². The van der Waals surface area contributed by atoms with Crippen LogP contribution in [0.2, 0.25) is 0 Å². The van der Waals surface area contributed by atoms with Crippen molar-refractivity contribution in [3.8, 4) is 0 Å². The number of hydrogen-bond donors (Lipinski definition) is 2. The van der Waals surface area contributed by atoms with Crippen LogP contribution in [-0.2, 0) is 0 Å². The van der Waals surface area contributed by atoms with Crippen LogP contribution in [0.4, 0.5) is 5.69 Å². The Morgan fingerprint density at radius 3 is 2.80 bits per heavy atom. The first-order valence-electron chi connectivity index (χ1n) is 4.66. The normalized spacial score (nSPS) is 10.6. The Morgan fingerprint density at radius 1 is 1.27 bits per heavy atom. The summed E-state index contributed by atoms with van der Waals surface area (Å²) >= 11 is 0. The smallest absolute Gasteiger partial charge is 0.140 e. The van der Waals surface area contributed by atoms with Crippen LogP contribution in [0.5, 0.6) is 0 Å². The highest BCUT2D eigenvalue weighted by Crippen LogP contribution is 2.24. The van der Waals surface area contributed by atoms with Crippen molar-refractivity contribution < 1.29 is 10.3 Å². The van der Waals surface area contributed by atoms with Gasteiger partial charge in [0.1, 0.15) is 6.73 Å². The average molecular weight is 204 g/mol. The molecular formula is C11H12N2O2. The molecule has 0 saturated carbocycles. The average Bonchev–Trinajstić information content (AvgIpc) is 2.26. The fourth-order valence-corrected chi connectivity index (χ4v) is 1.54. The van der Waals surface area contributed by atoms with Crippen LogP contribution in [0.1, 0.15) is 5.69 Å². The molecule has 1 aromatic carbocycles. The Morgan fingerprint density at radius 2 is 2.07 bits per heavy atom. The van der Waals surface area contributed by atoms with Gasteiger partial charge in [-0.25, -0.2) is 5.06 Å². The molecule has 2 rings (SSSR count). The van der Waals surface area contributed by atoms with Crippen molar-refractivity contribution in [1.82, 2.24) is 4.98 Å². The molecule has 0 aliphatic carbocycles. The second-order valence-electron chi connectivity index (χ2n) is 3.34. The molecule has 0 aliphatic heterocycles. The third-order valence-electron chi connectivity index (χ3n) is 2.26. The van der Waals surface area contributed by atoms with Crippen molar-refractivity contribution in [3.63, 3.8) is 0 Å². The number of hydrogen-bond acceptors (Lipinski definition) is 4. The summed E-state index contributed by atoms with van der Waals surface area (Å²) in [5.74, 6) is 0. The molecule has 1 heterocycles. The number of aliphatic hydroxyl groups is 1. The van der Waals surface area contributed by atoms with E-state index in [4.69, 9.17) is 5.11 Å². The molecule has 0 amide bonds. The molecule has 2 N–H and O–H groups in total. The Bertz CT molecular complexity index is 485. The van der Waals surface area contributed by atoms with Crippen LogP contribution < -0.4 is 5.06 Å². The van der Waals surface area contributed by atoms with Crippen molar-refractivity contribution in [2.45, 2.75) is 6.92 Å². The summed E-state index contributed by atoms with van der Waals surface area (Å²) in [6, 6.07) is 9.15. The number of pyridine rings is 1. The first-order chi connectivity index (χ1) is 7.22. The minimum atomic E-state index is -0.438. The van der Waals surface area contributed by atoms with E-state index in [-0.39, 0.29) is 0 Å². The maximum atomic E-state index is 9.45. The van der Waals surface area contributed by atoms with Gasteiger partial charge < -0.3 is 5.11 Å². The van der Waals surface area contributed by atoms with Crippen LogP contribution in [0.3, 0.4) is 0 Å². The Hall–Kier alpha value is -1.65. The van der Waals surface area contributed by atoms with Crippen LogP contribution in [0.25, 0.3) is 10.9 Å². The second kappa shape index (κ2) is 3.84. The van der Waals surface area contributed by atoms with Crippen LogP contribution in [0, 0.1) is 6.92 Å². The van der Waals surface area contributed by atoms with Crippen LogP contribution in [0.15, 0.2) is 30.3 Å². The quantitative estimate of drug-likeness (QED) is 0.577. The molecule has 78 valence electrons. The zero-order chi connectivity index (χ0) is 10.8. The number of nitrogens with zero attached hydrogens (tertiary/aromatic N) is 2. The van der Waals surface area contributed by atoms with Gasteiger partial charge >= 0.3 is 0 Å². The Labute approximate surface area is 87.4 Å². The van der Waals surface area contributed by atoms with Gasteiger partial charge in [-0.3, -0.25) is 10.2 Å². The van der Waals surface area contributed by atoms with E-state index in [9.17, 15) is 5.21 Å². The molecule has 0 saturated heterocycles. The minimum Gasteiger partial charge on any atom is -0.374 e. The van der Waals surface area contributed by atoms with Crippen molar-refractivity contribution in [3.05, 3.63) is 36.0 Å². The van der Waals surface area contributed by atoms with E-state index < -0.39 is 6.73 Å². The summed E-state index contributed by atoms with van der Waals surface area (Å²) in [6.07, 6.45) is 0. The second-order valence-corrected chi connectivity index (χ2v) is 3.34. The maximum absolute atomic E-state index is 9.45. The van der Waals surface area contributed by atoms with Crippen LogP contribution in [-0.4, -0.2) is 22.0 Å². The minimum absolute atomic E-state index is 0.438. The van der Waals surface area contributed by atoms with E-state index in [1.54, 1.807) is 12.1 Å². The predicted octanol–water partition coefficient (Wildman–Crippen LogP) is 1.69. The molecule has 0 spiro atoms. The molecule has 4 heteroatoms. The van der Waals surface area contributed by atoms with Crippen molar-refractivity contribution in [2.75, 3.05) is 11.8 Å². The highest BCUT2D eigenvalue weighted by atomic mass is 16.5. The lowest BCUT2D eigenvalue weighted by atomic mass is 10.1. The summed E-state index contributed by atoms with van der Waals surface area (Å²) in [5.41, 5.74) is 2.29. The number of rotatable bonds is 2. The molecule has 2 aromatic rings. The maximum Gasteiger partial charge on any atom is 0.140 e. The molecule has 0 radical (unpaired) electrons. The Kier molecular flexibility index (Phi) is 2.53. The molecule has 15 heavy (non-hydrogen) atoms. The number of aryl methyl sites for hydroxylation is 1. The lowest BCUT2D eigenvalue weighted by Crippen LogP contribution is -2.18. The number of benzene rings is 1. The molecule has 0 unspecified atom stereocenters. The van der Waals surface area contributed by atoms with Gasteiger partial charge in [0, 0.05) is 11.1 Å². The van der Waals surface area contributed by atoms with Gasteiger partial charge in [0.05, 0.1) is 11.2 Å². The molecule has 0 bridgehead atoms. The summed E-state index contributed by atoms with van der Waals surface area (Å²) in [7, 11) is 0. The van der Waals surface area contributed by atoms with Gasteiger partial charge in [0.2, 0.25) is 0 Å². The topological polar surface area (TPSA) is 56.6 Å². The first-order valence-corrected chi connectivity index (χ1v) is 4.66. The first kappa shape index (κ1) is 9.89. The SMILES string of the molecule is Cc1ccc2c(N(O)CO)cccc2n1. The summed E-state index contributed by atoms with van der Waals surface area (Å²) in [5, 5.41) is 19.9. The summed E-state index contributed by atoms with van der Waals surface area (Å²) in [4.78, 5) is 4.33. The predicted molar refractivity (Wildman–Crippen MR) is 57.8 cm³/mol. The van der Waals surface area contributed by atoms with Crippen LogP contribution >= 0.6 is 0 Å². The fourth-order valence-electron chi connectivity index (χ4n) is 1.54. The van der Waals surface area contributed by atoms with E-state index in [0.29, 0.717) is 5.69 Å². The zero-order valence-electron chi connectivity index (χ0n) is 8.38. The number of anilines is 1. The highest BCUT2D eigenvalue weighted by molar-refractivity contribution is 5.91. The number of aromatic nitrogens is 1. The van der Waals surface area contributed by atoms with E-state index in [0.717, 1.165) is 21.7 Å². The molecule has 1 aromatic heterocycles. The zero-order valence-corrected chi connectivity index (χ0v) is 8.38. The van der Waals surface area contributed by atoms with Gasteiger partial charge in [-0.05, 0) is 31.2 Å². The number of aliphatic hydroxyl groups excluding tert-OH is 1. The van der Waals surface area contributed by atoms with Gasteiger partial charge in [-0.15, -0.1) is 0 Å². The van der Waals surface area contributed by atoms with Gasteiger partial charge in [0.25, 0.3) is 0 Å². The lowest BCUT2D eigenvalue weighted by molar-refractivity contribution is 0.151. The van der Waals surface area contributed by atoms with Crippen molar-refractivity contribution in [1.29, 1.82) is 0 Å². The molecule has 0 atom stereocenters. The van der Waals surface area contributed by atoms with E-state index >= 15 is 0 Å². The third kappa shape index (κ3) is 1.77. The Balaban J connectivity index is 2.66. The van der Waals surface area contributed by atoms with E-state index in [1.807, 2.05) is 25.1 Å². The molecule has 4 nitrogen and oxygen atoms in total. The lowest BCUT2D eigenvalue weighted by Gasteiger charge is -2.15. The summed E-state index contributed by atoms with van der Waals surface area (Å²) < 4.78 is 0. The molecule has 0 fully saturated rings. The van der Waals surface area contributed by atoms with Crippen molar-refractivity contribution >= 4 is 16.6 Å². The third-order valence-corrected chi connectivity index (χ3v) is 2.26. The number of fused-ring (bicyclic) bond motifs is 1. The highest BCUT2D eigenvalue weighted by Gasteiger charge is 2.06. The standard InChI is InChI=1S/C11H12N2O2/c1-8-5-6-9-10(12-8)3-2-4-11(9)13(15)7-14/h2-6,14-15H,7H2,1H3. The fraction of sp³-hybridized carbons (Fsp3) is 0.182. The van der Waals surface area contributed by atoms with Gasteiger partial charge in [-0.1, -0.05) is 6.07 Å². The largest absolute Gasteiger partial charge is 0.374 e. The van der Waals surface area contributed by atoms with E-state index in [1.165, 1.54) is 0 Å². The monoisotopic (exact) mass is 204 g/mol. The number of hydroxylamine groups is 1.